The van der Waals surface area contributed by atoms with Gasteiger partial charge in [-0.05, 0) is 30.7 Å². The average molecular weight is 452 g/mol. The Morgan fingerprint density at radius 1 is 1.29 bits per heavy atom. The lowest BCUT2D eigenvalue weighted by molar-refractivity contribution is -0.137. The monoisotopic (exact) mass is 451 g/mol. The maximum absolute atomic E-state index is 12.1. The van der Waals surface area contributed by atoms with Gasteiger partial charge >= 0.3 is 5.91 Å². The molecule has 0 aromatic carbocycles. The molecule has 3 aromatic heterocycles. The van der Waals surface area contributed by atoms with Crippen LogP contribution in [0, 0.1) is 0 Å². The maximum atomic E-state index is 12.1. The van der Waals surface area contributed by atoms with Crippen LogP contribution in [0.4, 0.5) is 5.82 Å². The second-order valence-corrected chi connectivity index (χ2v) is 6.88. The van der Waals surface area contributed by atoms with Crippen molar-refractivity contribution in [1.29, 1.82) is 0 Å². The maximum Gasteiger partial charge on any atom is 0.305 e. The number of rotatable bonds is 6. The minimum absolute atomic E-state index is 0.0713. The van der Waals surface area contributed by atoms with Crippen LogP contribution in [0.3, 0.4) is 0 Å². The van der Waals surface area contributed by atoms with E-state index < -0.39 is 36.4 Å². The predicted octanol–water partition coefficient (Wildman–Crippen LogP) is -0.415. The van der Waals surface area contributed by atoms with Gasteiger partial charge in [0.2, 0.25) is 5.28 Å². The number of carbonyl (C=O) groups is 2. The van der Waals surface area contributed by atoms with Crippen LogP contribution >= 0.6 is 11.6 Å². The number of nitrogens with one attached hydrogen (secondary N) is 3. The van der Waals surface area contributed by atoms with Crippen LogP contribution in [-0.4, -0.2) is 66.4 Å². The molecule has 1 fully saturated rings. The molecule has 3 aromatic rings. The fourth-order valence-electron chi connectivity index (χ4n) is 3.13. The molecule has 1 aliphatic heterocycles. The minimum Gasteiger partial charge on any atom is -0.459 e. The quantitative estimate of drug-likeness (QED) is 0.244. The van der Waals surface area contributed by atoms with Crippen LogP contribution in [0.25, 0.3) is 11.2 Å². The summed E-state index contributed by atoms with van der Waals surface area (Å²) in [6.07, 6.45) is -2.70. The van der Waals surface area contributed by atoms with Crippen molar-refractivity contribution in [2.45, 2.75) is 31.5 Å². The van der Waals surface area contributed by atoms with E-state index in [1.807, 2.05) is 0 Å². The van der Waals surface area contributed by atoms with Crippen LogP contribution in [0.5, 0.6) is 0 Å². The Labute approximate surface area is 179 Å². The van der Waals surface area contributed by atoms with Gasteiger partial charge in [-0.1, -0.05) is 0 Å². The Kier molecular flexibility index (Phi) is 5.73. The summed E-state index contributed by atoms with van der Waals surface area (Å²) >= 11 is 6.01. The van der Waals surface area contributed by atoms with Crippen molar-refractivity contribution in [2.24, 2.45) is 0 Å². The zero-order chi connectivity index (χ0) is 22.1. The van der Waals surface area contributed by atoms with Gasteiger partial charge in [-0.2, -0.15) is 9.97 Å². The van der Waals surface area contributed by atoms with Crippen molar-refractivity contribution >= 4 is 40.4 Å². The molecule has 0 unspecified atom stereocenters. The van der Waals surface area contributed by atoms with Gasteiger partial charge in [0, 0.05) is 6.54 Å². The zero-order valence-electron chi connectivity index (χ0n) is 16.0. The number of likely N-dealkylation sites (N-methyl/N-ethyl adjacent to an activating group) is 1. The Hall–Kier alpha value is -3.26. The van der Waals surface area contributed by atoms with E-state index in [2.05, 4.69) is 31.1 Å². The topological polar surface area (TPSA) is 177 Å². The smallest absolute Gasteiger partial charge is 0.305 e. The Balaban J connectivity index is 1.60. The molecule has 0 radical (unpaired) electrons. The number of aliphatic hydroxyl groups excluding tert-OH is 2. The molecule has 31 heavy (non-hydrogen) atoms. The predicted molar refractivity (Wildman–Crippen MR) is 105 cm³/mol. The van der Waals surface area contributed by atoms with E-state index in [4.69, 9.17) is 20.8 Å². The molecule has 14 heteroatoms. The Morgan fingerprint density at radius 3 is 2.81 bits per heavy atom. The summed E-state index contributed by atoms with van der Waals surface area (Å²) in [5.41, 5.74) is 5.33. The molecular formula is C17H18ClN7O6. The number of imidazole rings is 1. The van der Waals surface area contributed by atoms with E-state index in [1.54, 1.807) is 13.0 Å². The van der Waals surface area contributed by atoms with Crippen LogP contribution < -0.4 is 16.2 Å². The first-order chi connectivity index (χ1) is 14.9. The second-order valence-electron chi connectivity index (χ2n) is 6.54. The van der Waals surface area contributed by atoms with Crippen molar-refractivity contribution in [1.82, 2.24) is 30.3 Å². The van der Waals surface area contributed by atoms with Crippen LogP contribution in [0.1, 0.15) is 23.7 Å². The van der Waals surface area contributed by atoms with Crippen molar-refractivity contribution in [3.8, 4) is 0 Å². The number of aliphatic hydroxyl groups is 2. The Bertz CT molecular complexity index is 1100. The molecule has 1 saturated heterocycles. The average Bonchev–Trinajstić information content (AvgIpc) is 3.47. The molecule has 0 aliphatic carbocycles. The highest BCUT2D eigenvalue weighted by atomic mass is 35.5. The van der Waals surface area contributed by atoms with Gasteiger partial charge in [0.05, 0.1) is 12.6 Å². The molecule has 5 N–H and O–H groups in total. The molecular weight excluding hydrogens is 434 g/mol. The van der Waals surface area contributed by atoms with E-state index in [1.165, 1.54) is 23.2 Å². The highest BCUT2D eigenvalue weighted by Crippen LogP contribution is 2.33. The molecule has 2 amide bonds. The lowest BCUT2D eigenvalue weighted by Crippen LogP contribution is -2.42. The third-order valence-corrected chi connectivity index (χ3v) is 4.72. The zero-order valence-corrected chi connectivity index (χ0v) is 16.8. The number of ether oxygens (including phenoxy) is 1. The lowest BCUT2D eigenvalue weighted by atomic mass is 10.1. The largest absolute Gasteiger partial charge is 0.459 e. The summed E-state index contributed by atoms with van der Waals surface area (Å²) in [7, 11) is 0. The van der Waals surface area contributed by atoms with Gasteiger partial charge < -0.3 is 24.7 Å². The second kappa shape index (κ2) is 8.47. The number of amides is 2. The number of aromatic nitrogens is 4. The summed E-state index contributed by atoms with van der Waals surface area (Å²) in [4.78, 5) is 36.4. The summed E-state index contributed by atoms with van der Waals surface area (Å²) in [5.74, 6) is -0.976. The Morgan fingerprint density at radius 2 is 2.10 bits per heavy atom. The standard InChI is InChI=1S/C17H18ClN7O6/c1-2-19-15(29)11-9(26)10(27)16(31-11)25-6-20-8-12(21-17(18)22-13(8)25)23-24-14(28)7-4-3-5-30-7/h3-6,9-11,16,26-27H,2H2,1H3,(H,19,29)(H,24,28)(H,21,22,23)/t9-,10+,11-,16+/m0/s1. The van der Waals surface area contributed by atoms with Crippen LogP contribution in [0.15, 0.2) is 29.1 Å². The summed E-state index contributed by atoms with van der Waals surface area (Å²) < 4.78 is 11.9. The van der Waals surface area contributed by atoms with E-state index in [9.17, 15) is 19.8 Å². The molecule has 13 nitrogen and oxygen atoms in total. The SMILES string of the molecule is CCNC(=O)[C@H]1O[C@@H](n2cnc3c(NNC(=O)c4ccco4)nc(Cl)nc32)[C@H](O)[C@@H]1O. The summed E-state index contributed by atoms with van der Waals surface area (Å²) in [6, 6.07) is 3.04. The third-order valence-electron chi connectivity index (χ3n) is 4.56. The summed E-state index contributed by atoms with van der Waals surface area (Å²) in [5, 5.41) is 23.0. The number of fused-ring (bicyclic) bond motifs is 1. The number of hydrogen-bond donors (Lipinski definition) is 5. The van der Waals surface area contributed by atoms with Crippen LogP contribution in [0.2, 0.25) is 5.28 Å². The number of hydrogen-bond acceptors (Lipinski definition) is 10. The molecule has 0 bridgehead atoms. The van der Waals surface area contributed by atoms with Crippen molar-refractivity contribution in [3.63, 3.8) is 0 Å². The number of furan rings is 1. The van der Waals surface area contributed by atoms with E-state index in [-0.39, 0.29) is 28.0 Å². The van der Waals surface area contributed by atoms with Crippen molar-refractivity contribution < 1.29 is 29.0 Å². The van der Waals surface area contributed by atoms with Crippen LogP contribution in [-0.2, 0) is 9.53 Å². The molecule has 0 spiro atoms. The molecule has 4 heterocycles. The normalized spacial score (nSPS) is 23.1. The fourth-order valence-corrected chi connectivity index (χ4v) is 3.29. The van der Waals surface area contributed by atoms with Crippen molar-refractivity contribution in [2.75, 3.05) is 12.0 Å². The van der Waals surface area contributed by atoms with Gasteiger partial charge in [0.15, 0.2) is 35.1 Å². The number of hydrazine groups is 1. The highest BCUT2D eigenvalue weighted by Gasteiger charge is 2.47. The van der Waals surface area contributed by atoms with Gasteiger partial charge in [0.1, 0.15) is 12.2 Å². The van der Waals surface area contributed by atoms with Gasteiger partial charge in [-0.15, -0.1) is 0 Å². The number of nitrogens with zero attached hydrogens (tertiary/aromatic N) is 4. The lowest BCUT2D eigenvalue weighted by Gasteiger charge is -2.16. The van der Waals surface area contributed by atoms with E-state index in [0.717, 1.165) is 0 Å². The van der Waals surface area contributed by atoms with Gasteiger partial charge in [-0.25, -0.2) is 4.98 Å². The summed E-state index contributed by atoms with van der Waals surface area (Å²) in [6.45, 7) is 2.05. The fraction of sp³-hybridized carbons (Fsp3) is 0.353. The molecule has 0 saturated carbocycles. The number of halogens is 1. The molecule has 164 valence electrons. The van der Waals surface area contributed by atoms with Gasteiger partial charge in [0.25, 0.3) is 5.91 Å². The van der Waals surface area contributed by atoms with E-state index in [0.29, 0.717) is 6.54 Å². The highest BCUT2D eigenvalue weighted by molar-refractivity contribution is 6.28. The molecule has 4 rings (SSSR count). The number of carbonyl (C=O) groups excluding carboxylic acids is 2. The third kappa shape index (κ3) is 3.90. The van der Waals surface area contributed by atoms with Crippen molar-refractivity contribution in [3.05, 3.63) is 35.8 Å². The molecule has 1 aliphatic rings. The van der Waals surface area contributed by atoms with E-state index >= 15 is 0 Å². The first-order valence-corrected chi connectivity index (χ1v) is 9.57. The van der Waals surface area contributed by atoms with Gasteiger partial charge in [-0.3, -0.25) is 25.0 Å². The minimum atomic E-state index is -1.46. The first kappa shape index (κ1) is 21.0. The molecule has 4 atom stereocenters. The first-order valence-electron chi connectivity index (χ1n) is 9.20. The number of anilines is 1.